The molecule has 28 heavy (non-hydrogen) atoms. The first-order chi connectivity index (χ1) is 13.3. The summed E-state index contributed by atoms with van der Waals surface area (Å²) in [5, 5.41) is 9.90. The van der Waals surface area contributed by atoms with E-state index >= 15 is 0 Å². The molecule has 2 aromatic heterocycles. The maximum Gasteiger partial charge on any atom is 0.238 e. The number of aromatic nitrogens is 2. The van der Waals surface area contributed by atoms with Crippen LogP contribution in [0.1, 0.15) is 17.3 Å². The van der Waals surface area contributed by atoms with Crippen LogP contribution in [0.4, 0.5) is 0 Å². The molecule has 2 heterocycles. The summed E-state index contributed by atoms with van der Waals surface area (Å²) in [6.07, 6.45) is 1.85. The number of pyridine rings is 1. The highest BCUT2D eigenvalue weighted by Crippen LogP contribution is 2.35. The summed E-state index contributed by atoms with van der Waals surface area (Å²) >= 11 is 0. The lowest BCUT2D eigenvalue weighted by molar-refractivity contribution is 0.101. The van der Waals surface area contributed by atoms with Crippen molar-refractivity contribution in [3.8, 4) is 22.4 Å². The maximum atomic E-state index is 11.6. The Kier molecular flexibility index (Phi) is 4.33. The minimum absolute atomic E-state index is 0.000331. The maximum absolute atomic E-state index is 11.6. The fourth-order valence-corrected chi connectivity index (χ4v) is 3.67. The SMILES string of the molecule is CC(=O)c1ccc(-c2nn3ccccc3c2-c2ccc(S(N)(=O)=O)cc2)cc1. The van der Waals surface area contributed by atoms with Gasteiger partial charge in [0, 0.05) is 22.9 Å². The van der Waals surface area contributed by atoms with Crippen molar-refractivity contribution in [2.75, 3.05) is 0 Å². The zero-order valence-electron chi connectivity index (χ0n) is 15.0. The third-order valence-corrected chi connectivity index (χ3v) is 5.51. The molecule has 140 valence electrons. The van der Waals surface area contributed by atoms with Crippen LogP contribution in [0, 0.1) is 0 Å². The summed E-state index contributed by atoms with van der Waals surface area (Å²) in [6.45, 7) is 1.53. The molecule has 7 heteroatoms. The molecule has 4 aromatic rings. The molecular formula is C21H17N3O3S. The summed E-state index contributed by atoms with van der Waals surface area (Å²) < 4.78 is 24.9. The minimum atomic E-state index is -3.76. The van der Waals surface area contributed by atoms with Gasteiger partial charge in [0.05, 0.1) is 10.4 Å². The van der Waals surface area contributed by atoms with E-state index in [0.29, 0.717) is 5.56 Å². The summed E-state index contributed by atoms with van der Waals surface area (Å²) in [7, 11) is -3.76. The highest BCUT2D eigenvalue weighted by atomic mass is 32.2. The van der Waals surface area contributed by atoms with Crippen LogP contribution >= 0.6 is 0 Å². The van der Waals surface area contributed by atoms with Crippen LogP contribution in [0.15, 0.2) is 77.8 Å². The normalized spacial score (nSPS) is 11.6. The molecule has 0 aliphatic heterocycles. The van der Waals surface area contributed by atoms with Crippen LogP contribution in [-0.4, -0.2) is 23.8 Å². The Balaban J connectivity index is 1.92. The highest BCUT2D eigenvalue weighted by molar-refractivity contribution is 7.89. The molecule has 4 rings (SSSR count). The van der Waals surface area contributed by atoms with Crippen molar-refractivity contribution >= 4 is 21.3 Å². The van der Waals surface area contributed by atoms with Gasteiger partial charge in [-0.25, -0.2) is 18.1 Å². The number of Topliss-reactive ketones (excluding diaryl/α,β-unsaturated/α-hetero) is 1. The van der Waals surface area contributed by atoms with E-state index in [9.17, 15) is 13.2 Å². The number of nitrogens with zero attached hydrogens (tertiary/aromatic N) is 2. The number of carbonyl (C=O) groups excluding carboxylic acids is 1. The summed E-state index contributed by atoms with van der Waals surface area (Å²) in [5.74, 6) is 0.000331. The molecule has 0 bridgehead atoms. The predicted octanol–water partition coefficient (Wildman–Crippen LogP) is 3.52. The van der Waals surface area contributed by atoms with Gasteiger partial charge in [-0.05, 0) is 36.8 Å². The Labute approximate surface area is 162 Å². The first kappa shape index (κ1) is 18.1. The monoisotopic (exact) mass is 391 g/mol. The zero-order chi connectivity index (χ0) is 19.9. The number of rotatable bonds is 4. The van der Waals surface area contributed by atoms with Crippen molar-refractivity contribution in [2.45, 2.75) is 11.8 Å². The summed E-state index contributed by atoms with van der Waals surface area (Å²) in [5.41, 5.74) is 4.81. The first-order valence-electron chi connectivity index (χ1n) is 8.56. The molecule has 0 atom stereocenters. The number of ketones is 1. The van der Waals surface area contributed by atoms with E-state index in [-0.39, 0.29) is 10.7 Å². The quantitative estimate of drug-likeness (QED) is 0.539. The third-order valence-electron chi connectivity index (χ3n) is 4.58. The average Bonchev–Trinajstić information content (AvgIpc) is 3.07. The predicted molar refractivity (Wildman–Crippen MR) is 107 cm³/mol. The number of sulfonamides is 1. The Bertz CT molecular complexity index is 1290. The molecule has 6 nitrogen and oxygen atoms in total. The molecule has 2 N–H and O–H groups in total. The van der Waals surface area contributed by atoms with E-state index in [1.807, 2.05) is 36.5 Å². The van der Waals surface area contributed by atoms with E-state index in [1.165, 1.54) is 19.1 Å². The van der Waals surface area contributed by atoms with Gasteiger partial charge >= 0.3 is 0 Å². The molecular weight excluding hydrogens is 374 g/mol. The van der Waals surface area contributed by atoms with Crippen LogP contribution in [0.2, 0.25) is 0 Å². The molecule has 0 aliphatic carbocycles. The van der Waals surface area contributed by atoms with Crippen LogP contribution in [0.3, 0.4) is 0 Å². The summed E-state index contributed by atoms with van der Waals surface area (Å²) in [4.78, 5) is 11.6. The minimum Gasteiger partial charge on any atom is -0.295 e. The molecule has 0 aliphatic rings. The number of hydrogen-bond acceptors (Lipinski definition) is 4. The van der Waals surface area contributed by atoms with Crippen LogP contribution < -0.4 is 5.14 Å². The van der Waals surface area contributed by atoms with Gasteiger partial charge in [-0.1, -0.05) is 42.5 Å². The van der Waals surface area contributed by atoms with E-state index in [1.54, 1.807) is 28.8 Å². The Hall–Kier alpha value is -3.29. The smallest absolute Gasteiger partial charge is 0.238 e. The molecule has 0 radical (unpaired) electrons. The average molecular weight is 391 g/mol. The van der Waals surface area contributed by atoms with Crippen molar-refractivity contribution in [3.63, 3.8) is 0 Å². The van der Waals surface area contributed by atoms with Gasteiger partial charge < -0.3 is 0 Å². The van der Waals surface area contributed by atoms with Crippen molar-refractivity contribution in [2.24, 2.45) is 5.14 Å². The molecule has 0 saturated heterocycles. The van der Waals surface area contributed by atoms with E-state index < -0.39 is 10.0 Å². The van der Waals surface area contributed by atoms with Gasteiger partial charge in [-0.15, -0.1) is 0 Å². The number of nitrogens with two attached hydrogens (primary N) is 1. The van der Waals surface area contributed by atoms with Gasteiger partial charge in [0.1, 0.15) is 5.69 Å². The lowest BCUT2D eigenvalue weighted by Crippen LogP contribution is -2.11. The van der Waals surface area contributed by atoms with E-state index in [2.05, 4.69) is 0 Å². The standard InChI is InChI=1S/C21H17N3O3S/c1-14(25)15-5-7-17(8-6-15)21-20(19-4-2-3-13-24(19)23-21)16-9-11-18(12-10-16)28(22,26)27/h2-13H,1H3,(H2,22,26,27). The summed E-state index contributed by atoms with van der Waals surface area (Å²) in [6, 6.07) is 19.4. The lowest BCUT2D eigenvalue weighted by Gasteiger charge is -2.06. The second-order valence-corrected chi connectivity index (χ2v) is 8.02. The Morgan fingerprint density at radius 1 is 0.929 bits per heavy atom. The first-order valence-corrected chi connectivity index (χ1v) is 10.1. The van der Waals surface area contributed by atoms with Gasteiger partial charge in [0.15, 0.2) is 5.78 Å². The number of carbonyl (C=O) groups is 1. The fraction of sp³-hybridized carbons (Fsp3) is 0.0476. The van der Waals surface area contributed by atoms with Gasteiger partial charge in [0.25, 0.3) is 0 Å². The third kappa shape index (κ3) is 3.21. The van der Waals surface area contributed by atoms with Crippen molar-refractivity contribution < 1.29 is 13.2 Å². The van der Waals surface area contributed by atoms with E-state index in [4.69, 9.17) is 10.2 Å². The Morgan fingerprint density at radius 3 is 2.18 bits per heavy atom. The van der Waals surface area contributed by atoms with Crippen molar-refractivity contribution in [1.82, 2.24) is 9.61 Å². The second kappa shape index (κ2) is 6.70. The number of primary sulfonamides is 1. The van der Waals surface area contributed by atoms with E-state index in [0.717, 1.165) is 27.9 Å². The molecule has 0 spiro atoms. The van der Waals surface area contributed by atoms with Crippen LogP contribution in [-0.2, 0) is 10.0 Å². The topological polar surface area (TPSA) is 94.5 Å². The Morgan fingerprint density at radius 2 is 1.57 bits per heavy atom. The van der Waals surface area contributed by atoms with Gasteiger partial charge in [0.2, 0.25) is 10.0 Å². The number of fused-ring (bicyclic) bond motifs is 1. The molecule has 0 fully saturated rings. The molecule has 0 unspecified atom stereocenters. The zero-order valence-corrected chi connectivity index (χ0v) is 15.8. The fourth-order valence-electron chi connectivity index (χ4n) is 3.16. The van der Waals surface area contributed by atoms with Crippen molar-refractivity contribution in [1.29, 1.82) is 0 Å². The van der Waals surface area contributed by atoms with Crippen LogP contribution in [0.5, 0.6) is 0 Å². The second-order valence-electron chi connectivity index (χ2n) is 6.46. The molecule has 0 amide bonds. The van der Waals surface area contributed by atoms with Crippen LogP contribution in [0.25, 0.3) is 27.9 Å². The highest BCUT2D eigenvalue weighted by Gasteiger charge is 2.17. The number of benzene rings is 2. The van der Waals surface area contributed by atoms with Gasteiger partial charge in [-0.2, -0.15) is 5.10 Å². The lowest BCUT2D eigenvalue weighted by atomic mass is 9.98. The number of hydrogen-bond donors (Lipinski definition) is 1. The molecule has 0 saturated carbocycles. The van der Waals surface area contributed by atoms with Crippen molar-refractivity contribution in [3.05, 3.63) is 78.5 Å². The van der Waals surface area contributed by atoms with Gasteiger partial charge in [-0.3, -0.25) is 4.79 Å². The largest absolute Gasteiger partial charge is 0.295 e. The molecule has 2 aromatic carbocycles.